The van der Waals surface area contributed by atoms with Crippen LogP contribution in [0.3, 0.4) is 0 Å². The van der Waals surface area contributed by atoms with Crippen molar-refractivity contribution in [2.45, 2.75) is 39.2 Å². The molecule has 0 unspecified atom stereocenters. The van der Waals surface area contributed by atoms with Crippen molar-refractivity contribution in [1.29, 1.82) is 0 Å². The lowest BCUT2D eigenvalue weighted by molar-refractivity contribution is 0.0710. The van der Waals surface area contributed by atoms with E-state index in [1.165, 1.54) is 0 Å². The first-order valence-corrected chi connectivity index (χ1v) is 8.76. The molecule has 1 aromatic heterocycles. The minimum Gasteiger partial charge on any atom is -0.494 e. The highest BCUT2D eigenvalue weighted by Crippen LogP contribution is 2.27. The van der Waals surface area contributed by atoms with Crippen molar-refractivity contribution in [2.24, 2.45) is 0 Å². The fraction of sp³-hybridized carbons (Fsp3) is 0.474. The molecular formula is C19H25N3O2. The zero-order chi connectivity index (χ0) is 16.9. The van der Waals surface area contributed by atoms with Crippen LogP contribution in [0.2, 0.25) is 0 Å². The predicted octanol–water partition coefficient (Wildman–Crippen LogP) is 3.32. The molecule has 128 valence electrons. The molecule has 0 aliphatic carbocycles. The van der Waals surface area contributed by atoms with Crippen LogP contribution in [0, 0.1) is 0 Å². The van der Waals surface area contributed by atoms with Gasteiger partial charge in [0.15, 0.2) is 0 Å². The standard InChI is InChI=1S/C19H25N3O2/c1-3-21-14-11-20-18(21)15-9-12-22(13-10-15)19(23)16-5-7-17(8-6-16)24-4-2/h5-8,11,14-15H,3-4,9-10,12-13H2,1-2H3. The van der Waals surface area contributed by atoms with Crippen molar-refractivity contribution in [3.8, 4) is 5.75 Å². The van der Waals surface area contributed by atoms with Crippen LogP contribution in [0.4, 0.5) is 0 Å². The van der Waals surface area contributed by atoms with Gasteiger partial charge in [-0.3, -0.25) is 4.79 Å². The third-order valence-corrected chi connectivity index (χ3v) is 4.65. The molecule has 2 heterocycles. The molecule has 0 atom stereocenters. The highest BCUT2D eigenvalue weighted by Gasteiger charge is 2.26. The number of aryl methyl sites for hydroxylation is 1. The van der Waals surface area contributed by atoms with Gasteiger partial charge in [-0.25, -0.2) is 4.98 Å². The summed E-state index contributed by atoms with van der Waals surface area (Å²) in [6.07, 6.45) is 5.85. The second-order valence-corrected chi connectivity index (χ2v) is 6.10. The Morgan fingerprint density at radius 1 is 1.21 bits per heavy atom. The number of imidazole rings is 1. The van der Waals surface area contributed by atoms with Crippen molar-refractivity contribution in [1.82, 2.24) is 14.5 Å². The Labute approximate surface area is 143 Å². The van der Waals surface area contributed by atoms with Gasteiger partial charge in [-0.15, -0.1) is 0 Å². The van der Waals surface area contributed by atoms with E-state index in [0.717, 1.165) is 49.6 Å². The second-order valence-electron chi connectivity index (χ2n) is 6.10. The number of ether oxygens (including phenoxy) is 1. The van der Waals surface area contributed by atoms with Gasteiger partial charge in [-0.1, -0.05) is 0 Å². The van der Waals surface area contributed by atoms with E-state index in [0.29, 0.717) is 12.5 Å². The number of hydrogen-bond donors (Lipinski definition) is 0. The first kappa shape index (κ1) is 16.6. The molecule has 3 rings (SSSR count). The maximum atomic E-state index is 12.6. The Morgan fingerprint density at radius 2 is 1.92 bits per heavy atom. The van der Waals surface area contributed by atoms with Crippen LogP contribution in [-0.2, 0) is 6.54 Å². The molecule has 0 N–H and O–H groups in total. The maximum Gasteiger partial charge on any atom is 0.253 e. The van der Waals surface area contributed by atoms with Gasteiger partial charge >= 0.3 is 0 Å². The van der Waals surface area contributed by atoms with E-state index < -0.39 is 0 Å². The summed E-state index contributed by atoms with van der Waals surface area (Å²) < 4.78 is 7.63. The van der Waals surface area contributed by atoms with Gasteiger partial charge in [-0.2, -0.15) is 0 Å². The van der Waals surface area contributed by atoms with E-state index in [9.17, 15) is 4.79 Å². The number of likely N-dealkylation sites (tertiary alicyclic amines) is 1. The summed E-state index contributed by atoms with van der Waals surface area (Å²) in [4.78, 5) is 19.1. The predicted molar refractivity (Wildman–Crippen MR) is 93.4 cm³/mol. The van der Waals surface area contributed by atoms with Gasteiger partial charge in [0.2, 0.25) is 0 Å². The average Bonchev–Trinajstić information content (AvgIpc) is 3.11. The molecule has 1 aromatic carbocycles. The van der Waals surface area contributed by atoms with Gasteiger partial charge in [0, 0.05) is 43.5 Å². The normalized spacial score (nSPS) is 15.5. The van der Waals surface area contributed by atoms with Gasteiger partial charge in [0.25, 0.3) is 5.91 Å². The SMILES string of the molecule is CCOc1ccc(C(=O)N2CCC(c3nccn3CC)CC2)cc1. The van der Waals surface area contributed by atoms with Crippen LogP contribution in [0.5, 0.6) is 5.75 Å². The number of aromatic nitrogens is 2. The molecule has 5 nitrogen and oxygen atoms in total. The fourth-order valence-electron chi connectivity index (χ4n) is 3.33. The zero-order valence-electron chi connectivity index (χ0n) is 14.4. The van der Waals surface area contributed by atoms with Gasteiger partial charge in [0.1, 0.15) is 11.6 Å². The molecule has 1 saturated heterocycles. The molecule has 1 aliphatic rings. The largest absolute Gasteiger partial charge is 0.494 e. The molecular weight excluding hydrogens is 302 g/mol. The monoisotopic (exact) mass is 327 g/mol. The van der Waals surface area contributed by atoms with E-state index in [2.05, 4.69) is 16.5 Å². The Hall–Kier alpha value is -2.30. The minimum absolute atomic E-state index is 0.107. The number of carbonyl (C=O) groups is 1. The summed E-state index contributed by atoms with van der Waals surface area (Å²) in [5.41, 5.74) is 0.729. The summed E-state index contributed by atoms with van der Waals surface area (Å²) in [5, 5.41) is 0. The summed E-state index contributed by atoms with van der Waals surface area (Å²) in [6, 6.07) is 7.43. The quantitative estimate of drug-likeness (QED) is 0.846. The lowest BCUT2D eigenvalue weighted by Gasteiger charge is -2.32. The molecule has 24 heavy (non-hydrogen) atoms. The number of carbonyl (C=O) groups excluding carboxylic acids is 1. The summed E-state index contributed by atoms with van der Waals surface area (Å²) in [5.74, 6) is 2.52. The zero-order valence-corrected chi connectivity index (χ0v) is 14.4. The van der Waals surface area contributed by atoms with E-state index in [-0.39, 0.29) is 5.91 Å². The lowest BCUT2D eigenvalue weighted by Crippen LogP contribution is -2.38. The smallest absolute Gasteiger partial charge is 0.253 e. The number of nitrogens with zero attached hydrogens (tertiary/aromatic N) is 3. The fourth-order valence-corrected chi connectivity index (χ4v) is 3.33. The molecule has 2 aromatic rings. The molecule has 0 radical (unpaired) electrons. The highest BCUT2D eigenvalue weighted by atomic mass is 16.5. The molecule has 0 saturated carbocycles. The van der Waals surface area contributed by atoms with Crippen LogP contribution >= 0.6 is 0 Å². The number of amides is 1. The Kier molecular flexibility index (Phi) is 5.18. The third-order valence-electron chi connectivity index (χ3n) is 4.65. The van der Waals surface area contributed by atoms with Crippen molar-refractivity contribution < 1.29 is 9.53 Å². The van der Waals surface area contributed by atoms with Gasteiger partial charge in [-0.05, 0) is 51.0 Å². The van der Waals surface area contributed by atoms with Crippen LogP contribution < -0.4 is 4.74 Å². The van der Waals surface area contributed by atoms with Crippen LogP contribution in [-0.4, -0.2) is 40.1 Å². The van der Waals surface area contributed by atoms with Gasteiger partial charge in [0.05, 0.1) is 6.61 Å². The van der Waals surface area contributed by atoms with Crippen molar-refractivity contribution >= 4 is 5.91 Å². The number of benzene rings is 1. The molecule has 0 bridgehead atoms. The number of hydrogen-bond acceptors (Lipinski definition) is 3. The highest BCUT2D eigenvalue weighted by molar-refractivity contribution is 5.94. The molecule has 5 heteroatoms. The molecule has 0 spiro atoms. The van der Waals surface area contributed by atoms with E-state index in [1.54, 1.807) is 0 Å². The summed E-state index contributed by atoms with van der Waals surface area (Å²) in [6.45, 7) is 7.23. The van der Waals surface area contributed by atoms with Gasteiger partial charge < -0.3 is 14.2 Å². The number of rotatable bonds is 5. The molecule has 1 aliphatic heterocycles. The second kappa shape index (κ2) is 7.51. The summed E-state index contributed by atoms with van der Waals surface area (Å²) >= 11 is 0. The van der Waals surface area contributed by atoms with E-state index >= 15 is 0 Å². The van der Waals surface area contributed by atoms with Crippen molar-refractivity contribution in [3.63, 3.8) is 0 Å². The maximum absolute atomic E-state index is 12.6. The van der Waals surface area contributed by atoms with E-state index in [1.807, 2.05) is 48.5 Å². The third kappa shape index (κ3) is 3.45. The number of piperidine rings is 1. The summed E-state index contributed by atoms with van der Waals surface area (Å²) in [7, 11) is 0. The Morgan fingerprint density at radius 3 is 2.54 bits per heavy atom. The van der Waals surface area contributed by atoms with Crippen LogP contribution in [0.15, 0.2) is 36.7 Å². The van der Waals surface area contributed by atoms with Crippen molar-refractivity contribution in [2.75, 3.05) is 19.7 Å². The topological polar surface area (TPSA) is 47.4 Å². The molecule has 1 amide bonds. The lowest BCUT2D eigenvalue weighted by atomic mass is 9.95. The Bertz CT molecular complexity index is 670. The first-order chi connectivity index (χ1) is 11.7. The van der Waals surface area contributed by atoms with Crippen LogP contribution in [0.25, 0.3) is 0 Å². The minimum atomic E-state index is 0.107. The van der Waals surface area contributed by atoms with Crippen molar-refractivity contribution in [3.05, 3.63) is 48.0 Å². The van der Waals surface area contributed by atoms with Crippen LogP contribution in [0.1, 0.15) is 48.8 Å². The van der Waals surface area contributed by atoms with E-state index in [4.69, 9.17) is 4.74 Å². The Balaban J connectivity index is 1.60. The average molecular weight is 327 g/mol. The first-order valence-electron chi connectivity index (χ1n) is 8.76. The molecule has 1 fully saturated rings.